The predicted molar refractivity (Wildman–Crippen MR) is 69.7 cm³/mol. The van der Waals surface area contributed by atoms with E-state index in [0.717, 1.165) is 6.42 Å². The van der Waals surface area contributed by atoms with Crippen molar-refractivity contribution < 1.29 is 13.2 Å². The minimum Gasteiger partial charge on any atom is -0.495 e. The average Bonchev–Trinajstić information content (AvgIpc) is 2.29. The van der Waals surface area contributed by atoms with Gasteiger partial charge in [-0.15, -0.1) is 0 Å². The minimum absolute atomic E-state index is 0.121. The van der Waals surface area contributed by atoms with Gasteiger partial charge >= 0.3 is 0 Å². The smallest absolute Gasteiger partial charge is 0.232 e. The van der Waals surface area contributed by atoms with E-state index in [-0.39, 0.29) is 5.75 Å². The molecule has 17 heavy (non-hydrogen) atoms. The molecule has 1 aromatic carbocycles. The summed E-state index contributed by atoms with van der Waals surface area (Å²) in [6.45, 7) is 1.95. The van der Waals surface area contributed by atoms with Crippen molar-refractivity contribution in [2.45, 2.75) is 19.8 Å². The molecule has 0 heterocycles. The van der Waals surface area contributed by atoms with E-state index in [1.165, 1.54) is 7.11 Å². The van der Waals surface area contributed by atoms with E-state index < -0.39 is 10.0 Å². The van der Waals surface area contributed by atoms with Crippen molar-refractivity contribution in [2.75, 3.05) is 23.3 Å². The SMILES string of the molecule is CCCCS(=O)(=O)Nc1ccc(N)c(OC)c1. The van der Waals surface area contributed by atoms with Gasteiger partial charge in [0.25, 0.3) is 0 Å². The molecule has 0 aliphatic rings. The van der Waals surface area contributed by atoms with Crippen molar-refractivity contribution in [3.8, 4) is 5.75 Å². The van der Waals surface area contributed by atoms with Crippen LogP contribution in [0.15, 0.2) is 18.2 Å². The van der Waals surface area contributed by atoms with Crippen LogP contribution in [0.25, 0.3) is 0 Å². The Labute approximate surface area is 102 Å². The Morgan fingerprint density at radius 2 is 2.12 bits per heavy atom. The lowest BCUT2D eigenvalue weighted by Gasteiger charge is -2.10. The number of methoxy groups -OCH3 is 1. The summed E-state index contributed by atoms with van der Waals surface area (Å²) in [7, 11) is -1.79. The molecule has 0 fully saturated rings. The zero-order valence-corrected chi connectivity index (χ0v) is 10.9. The molecule has 0 spiro atoms. The summed E-state index contributed by atoms with van der Waals surface area (Å²) < 4.78 is 30.8. The largest absolute Gasteiger partial charge is 0.495 e. The summed E-state index contributed by atoms with van der Waals surface area (Å²) >= 11 is 0. The first-order chi connectivity index (χ1) is 7.98. The van der Waals surface area contributed by atoms with Crippen LogP contribution in [0.1, 0.15) is 19.8 Å². The number of nitrogens with one attached hydrogen (secondary N) is 1. The number of hydrogen-bond donors (Lipinski definition) is 2. The Kier molecular flexibility index (Phi) is 4.62. The Bertz CT molecular complexity index is 472. The second-order valence-corrected chi connectivity index (χ2v) is 5.57. The third kappa shape index (κ3) is 4.14. The molecule has 6 heteroatoms. The molecule has 0 aliphatic carbocycles. The maximum absolute atomic E-state index is 11.7. The first-order valence-corrected chi connectivity index (χ1v) is 7.07. The maximum Gasteiger partial charge on any atom is 0.232 e. The number of benzene rings is 1. The van der Waals surface area contributed by atoms with Crippen molar-refractivity contribution in [3.63, 3.8) is 0 Å². The van der Waals surface area contributed by atoms with Crippen LogP contribution in [0, 0.1) is 0 Å². The van der Waals surface area contributed by atoms with Gasteiger partial charge in [-0.3, -0.25) is 4.72 Å². The van der Waals surface area contributed by atoms with Crippen LogP contribution < -0.4 is 15.2 Å². The van der Waals surface area contributed by atoms with E-state index >= 15 is 0 Å². The summed E-state index contributed by atoms with van der Waals surface area (Å²) in [5, 5.41) is 0. The number of hydrogen-bond acceptors (Lipinski definition) is 4. The van der Waals surface area contributed by atoms with Gasteiger partial charge in [-0.05, 0) is 18.6 Å². The highest BCUT2D eigenvalue weighted by molar-refractivity contribution is 7.92. The van der Waals surface area contributed by atoms with Crippen LogP contribution in [0.5, 0.6) is 5.75 Å². The highest BCUT2D eigenvalue weighted by Gasteiger charge is 2.10. The summed E-state index contributed by atoms with van der Waals surface area (Å²) in [6, 6.07) is 4.79. The Balaban J connectivity index is 2.81. The molecule has 0 bridgehead atoms. The molecule has 1 rings (SSSR count). The van der Waals surface area contributed by atoms with Gasteiger partial charge in [-0.1, -0.05) is 13.3 Å². The minimum atomic E-state index is -3.28. The van der Waals surface area contributed by atoms with Gasteiger partial charge in [0.05, 0.1) is 24.2 Å². The lowest BCUT2D eigenvalue weighted by atomic mass is 10.3. The van der Waals surface area contributed by atoms with E-state index in [1.807, 2.05) is 6.92 Å². The molecular formula is C11H18N2O3S. The summed E-state index contributed by atoms with van der Waals surface area (Å²) in [4.78, 5) is 0. The van der Waals surface area contributed by atoms with Gasteiger partial charge in [0.1, 0.15) is 5.75 Å². The Hall–Kier alpha value is -1.43. The highest BCUT2D eigenvalue weighted by atomic mass is 32.2. The van der Waals surface area contributed by atoms with Crippen LogP contribution in [0.3, 0.4) is 0 Å². The number of ether oxygens (including phenoxy) is 1. The summed E-state index contributed by atoms with van der Waals surface area (Å²) in [5.41, 5.74) is 6.58. The second kappa shape index (κ2) is 5.77. The molecular weight excluding hydrogens is 240 g/mol. The summed E-state index contributed by atoms with van der Waals surface area (Å²) in [5.74, 6) is 0.580. The average molecular weight is 258 g/mol. The monoisotopic (exact) mass is 258 g/mol. The number of sulfonamides is 1. The number of unbranched alkanes of at least 4 members (excludes halogenated alkanes) is 1. The van der Waals surface area contributed by atoms with E-state index in [1.54, 1.807) is 18.2 Å². The van der Waals surface area contributed by atoms with Crippen LogP contribution >= 0.6 is 0 Å². The zero-order chi connectivity index (χ0) is 12.9. The third-order valence-corrected chi connectivity index (χ3v) is 3.65. The number of rotatable bonds is 6. The zero-order valence-electron chi connectivity index (χ0n) is 10.1. The first-order valence-electron chi connectivity index (χ1n) is 5.42. The lowest BCUT2D eigenvalue weighted by Crippen LogP contribution is -2.16. The number of anilines is 2. The molecule has 0 saturated heterocycles. The second-order valence-electron chi connectivity index (χ2n) is 3.73. The van der Waals surface area contributed by atoms with Crippen LogP contribution in [0.2, 0.25) is 0 Å². The van der Waals surface area contributed by atoms with E-state index in [0.29, 0.717) is 23.5 Å². The van der Waals surface area contributed by atoms with Crippen LogP contribution in [-0.4, -0.2) is 21.3 Å². The molecule has 0 unspecified atom stereocenters. The fraction of sp³-hybridized carbons (Fsp3) is 0.455. The van der Waals surface area contributed by atoms with Crippen molar-refractivity contribution in [1.29, 1.82) is 0 Å². The van der Waals surface area contributed by atoms with Gasteiger partial charge in [-0.25, -0.2) is 8.42 Å². The van der Waals surface area contributed by atoms with Crippen molar-refractivity contribution in [1.82, 2.24) is 0 Å². The number of nitrogens with two attached hydrogens (primary N) is 1. The van der Waals surface area contributed by atoms with Crippen LogP contribution in [0.4, 0.5) is 11.4 Å². The summed E-state index contributed by atoms with van der Waals surface area (Å²) in [6.07, 6.45) is 1.48. The maximum atomic E-state index is 11.7. The van der Waals surface area contributed by atoms with E-state index in [9.17, 15) is 8.42 Å². The molecule has 96 valence electrons. The Morgan fingerprint density at radius 1 is 1.41 bits per heavy atom. The predicted octanol–water partition coefficient (Wildman–Crippen LogP) is 1.82. The van der Waals surface area contributed by atoms with Crippen molar-refractivity contribution in [2.24, 2.45) is 0 Å². The van der Waals surface area contributed by atoms with Crippen molar-refractivity contribution in [3.05, 3.63) is 18.2 Å². The quantitative estimate of drug-likeness (QED) is 0.763. The standard InChI is InChI=1S/C11H18N2O3S/c1-3-4-7-17(14,15)13-9-5-6-10(12)11(8-9)16-2/h5-6,8,13H,3-4,7,12H2,1-2H3. The van der Waals surface area contributed by atoms with E-state index in [2.05, 4.69) is 4.72 Å². The molecule has 0 aliphatic heterocycles. The number of nitrogen functional groups attached to an aromatic ring is 1. The normalized spacial score (nSPS) is 11.2. The molecule has 3 N–H and O–H groups in total. The third-order valence-electron chi connectivity index (χ3n) is 2.27. The van der Waals surface area contributed by atoms with Gasteiger partial charge in [0, 0.05) is 6.07 Å². The van der Waals surface area contributed by atoms with Crippen molar-refractivity contribution >= 4 is 21.4 Å². The van der Waals surface area contributed by atoms with Gasteiger partial charge in [0.2, 0.25) is 10.0 Å². The van der Waals surface area contributed by atoms with Crippen LogP contribution in [-0.2, 0) is 10.0 Å². The van der Waals surface area contributed by atoms with E-state index in [4.69, 9.17) is 10.5 Å². The van der Waals surface area contributed by atoms with Gasteiger partial charge in [0.15, 0.2) is 0 Å². The topological polar surface area (TPSA) is 81.4 Å². The highest BCUT2D eigenvalue weighted by Crippen LogP contribution is 2.25. The fourth-order valence-corrected chi connectivity index (χ4v) is 2.60. The Morgan fingerprint density at radius 3 is 2.71 bits per heavy atom. The molecule has 1 aromatic rings. The lowest BCUT2D eigenvalue weighted by molar-refractivity contribution is 0.417. The molecule has 0 radical (unpaired) electrons. The first kappa shape index (κ1) is 13.6. The van der Waals surface area contributed by atoms with Gasteiger partial charge < -0.3 is 10.5 Å². The molecule has 0 saturated carbocycles. The molecule has 0 atom stereocenters. The fourth-order valence-electron chi connectivity index (χ4n) is 1.34. The molecule has 0 amide bonds. The molecule has 0 aromatic heterocycles. The molecule has 5 nitrogen and oxygen atoms in total. The van der Waals surface area contributed by atoms with Gasteiger partial charge in [-0.2, -0.15) is 0 Å².